The fourth-order valence-corrected chi connectivity index (χ4v) is 3.95. The van der Waals surface area contributed by atoms with Crippen LogP contribution in [0.25, 0.3) is 0 Å². The molecule has 21 heavy (non-hydrogen) atoms. The summed E-state index contributed by atoms with van der Waals surface area (Å²) in [6.07, 6.45) is 3.47. The molecule has 0 amide bonds. The summed E-state index contributed by atoms with van der Waals surface area (Å²) in [4.78, 5) is 0. The maximum Gasteiger partial charge on any atom is 0.130 e. The van der Waals surface area contributed by atoms with E-state index in [1.165, 1.54) is 6.42 Å². The van der Waals surface area contributed by atoms with Gasteiger partial charge in [-0.25, -0.2) is 8.78 Å². The Bertz CT molecular complexity index is 476. The molecule has 1 N–H and O–H groups in total. The van der Waals surface area contributed by atoms with Crippen molar-refractivity contribution in [3.63, 3.8) is 0 Å². The topological polar surface area (TPSA) is 12.0 Å². The summed E-state index contributed by atoms with van der Waals surface area (Å²) < 4.78 is 27.8. The molecule has 118 valence electrons. The van der Waals surface area contributed by atoms with E-state index >= 15 is 0 Å². The first-order valence-electron chi connectivity index (χ1n) is 8.11. The van der Waals surface area contributed by atoms with Gasteiger partial charge < -0.3 is 5.32 Å². The molecule has 3 unspecified atom stereocenters. The Hall–Kier alpha value is -0.960. The second kappa shape index (κ2) is 6.87. The van der Waals surface area contributed by atoms with Crippen molar-refractivity contribution in [2.75, 3.05) is 6.54 Å². The third kappa shape index (κ3) is 3.82. The molecule has 0 radical (unpaired) electrons. The Kier molecular flexibility index (Phi) is 5.37. The van der Waals surface area contributed by atoms with Gasteiger partial charge in [0.15, 0.2) is 0 Å². The Morgan fingerprint density at radius 3 is 2.29 bits per heavy atom. The molecule has 3 heteroatoms. The summed E-state index contributed by atoms with van der Waals surface area (Å²) in [5.41, 5.74) is 1.15. The number of nitrogens with one attached hydrogen (secondary N) is 1. The van der Waals surface area contributed by atoms with Crippen molar-refractivity contribution >= 4 is 0 Å². The van der Waals surface area contributed by atoms with Crippen LogP contribution in [0.15, 0.2) is 12.1 Å². The lowest BCUT2D eigenvalue weighted by Gasteiger charge is -2.37. The minimum atomic E-state index is -0.461. The van der Waals surface area contributed by atoms with Gasteiger partial charge in [-0.05, 0) is 62.1 Å². The Balaban J connectivity index is 2.32. The first-order chi connectivity index (χ1) is 9.92. The highest BCUT2D eigenvalue weighted by molar-refractivity contribution is 5.29. The number of hydrogen-bond donors (Lipinski definition) is 1. The lowest BCUT2D eigenvalue weighted by Crippen LogP contribution is -2.34. The molecule has 1 aromatic carbocycles. The van der Waals surface area contributed by atoms with Gasteiger partial charge in [0.05, 0.1) is 0 Å². The van der Waals surface area contributed by atoms with Gasteiger partial charge in [0.25, 0.3) is 0 Å². The largest absolute Gasteiger partial charge is 0.310 e. The average molecular weight is 295 g/mol. The zero-order valence-corrected chi connectivity index (χ0v) is 13.5. The minimum Gasteiger partial charge on any atom is -0.310 e. The van der Waals surface area contributed by atoms with E-state index in [1.54, 1.807) is 13.0 Å². The van der Waals surface area contributed by atoms with Crippen molar-refractivity contribution in [2.45, 2.75) is 53.0 Å². The summed E-state index contributed by atoms with van der Waals surface area (Å²) in [6.45, 7) is 9.08. The van der Waals surface area contributed by atoms with Crippen molar-refractivity contribution in [1.29, 1.82) is 0 Å². The van der Waals surface area contributed by atoms with Crippen molar-refractivity contribution in [2.24, 2.45) is 17.8 Å². The van der Waals surface area contributed by atoms with Crippen molar-refractivity contribution in [1.82, 2.24) is 5.32 Å². The number of halogens is 2. The van der Waals surface area contributed by atoms with E-state index in [4.69, 9.17) is 0 Å². The molecule has 1 saturated carbocycles. The van der Waals surface area contributed by atoms with Crippen LogP contribution in [-0.4, -0.2) is 6.54 Å². The van der Waals surface area contributed by atoms with Gasteiger partial charge in [-0.15, -0.1) is 0 Å². The monoisotopic (exact) mass is 295 g/mol. The second-order valence-corrected chi connectivity index (χ2v) is 6.84. The molecule has 2 rings (SSSR count). The summed E-state index contributed by atoms with van der Waals surface area (Å²) in [7, 11) is 0. The van der Waals surface area contributed by atoms with E-state index < -0.39 is 11.6 Å². The zero-order valence-electron chi connectivity index (χ0n) is 13.5. The molecule has 0 bridgehead atoms. The smallest absolute Gasteiger partial charge is 0.130 e. The summed E-state index contributed by atoms with van der Waals surface area (Å²) in [6, 6.07) is 2.70. The molecule has 0 heterocycles. The molecule has 1 aromatic rings. The standard InChI is InChI=1S/C18H27F2N/c1-5-21-18(14-7-11(2)6-12(3)8-14)15-9-13(4)16(19)10-17(15)20/h9-12,14,18,21H,5-8H2,1-4H3. The number of aryl methyl sites for hydroxylation is 1. The second-order valence-electron chi connectivity index (χ2n) is 6.84. The zero-order chi connectivity index (χ0) is 15.6. The van der Waals surface area contributed by atoms with Crippen LogP contribution in [0.1, 0.15) is 57.2 Å². The van der Waals surface area contributed by atoms with Gasteiger partial charge in [0.1, 0.15) is 11.6 Å². The molecule has 3 atom stereocenters. The van der Waals surface area contributed by atoms with Crippen LogP contribution < -0.4 is 5.32 Å². The predicted octanol–water partition coefficient (Wildman–Crippen LogP) is 5.00. The van der Waals surface area contributed by atoms with Gasteiger partial charge in [-0.3, -0.25) is 0 Å². The fourth-order valence-electron chi connectivity index (χ4n) is 3.95. The lowest BCUT2D eigenvalue weighted by molar-refractivity contribution is 0.175. The number of rotatable bonds is 4. The van der Waals surface area contributed by atoms with Crippen LogP contribution in [0.2, 0.25) is 0 Å². The fraction of sp³-hybridized carbons (Fsp3) is 0.667. The van der Waals surface area contributed by atoms with Crippen LogP contribution in [0, 0.1) is 36.3 Å². The van der Waals surface area contributed by atoms with E-state index in [9.17, 15) is 8.78 Å². The van der Waals surface area contributed by atoms with Gasteiger partial charge >= 0.3 is 0 Å². The van der Waals surface area contributed by atoms with Crippen molar-refractivity contribution in [3.05, 3.63) is 34.9 Å². The third-order valence-electron chi connectivity index (χ3n) is 4.72. The summed E-state index contributed by atoms with van der Waals surface area (Å²) in [5, 5.41) is 3.43. The SMILES string of the molecule is CCNC(c1cc(C)c(F)cc1F)C1CC(C)CC(C)C1. The first kappa shape index (κ1) is 16.4. The Morgan fingerprint density at radius 2 is 1.71 bits per heavy atom. The summed E-state index contributed by atoms with van der Waals surface area (Å²) >= 11 is 0. The van der Waals surface area contributed by atoms with Gasteiger partial charge in [0.2, 0.25) is 0 Å². The molecule has 1 aliphatic rings. The van der Waals surface area contributed by atoms with E-state index in [1.807, 2.05) is 6.92 Å². The van der Waals surface area contributed by atoms with Crippen LogP contribution in [-0.2, 0) is 0 Å². The van der Waals surface area contributed by atoms with Crippen LogP contribution >= 0.6 is 0 Å². The molecular formula is C18H27F2N. The van der Waals surface area contributed by atoms with Crippen LogP contribution in [0.4, 0.5) is 8.78 Å². The molecule has 0 aliphatic heterocycles. The van der Waals surface area contributed by atoms with Gasteiger partial charge in [-0.2, -0.15) is 0 Å². The molecule has 0 aromatic heterocycles. The maximum absolute atomic E-state index is 14.3. The third-order valence-corrected chi connectivity index (χ3v) is 4.72. The molecule has 0 spiro atoms. The highest BCUT2D eigenvalue weighted by Gasteiger charge is 2.32. The highest BCUT2D eigenvalue weighted by atomic mass is 19.1. The quantitative estimate of drug-likeness (QED) is 0.824. The molecule has 1 aliphatic carbocycles. The van der Waals surface area contributed by atoms with Gasteiger partial charge in [0, 0.05) is 17.7 Å². The van der Waals surface area contributed by atoms with E-state index in [0.717, 1.165) is 25.5 Å². The highest BCUT2D eigenvalue weighted by Crippen LogP contribution is 2.40. The lowest BCUT2D eigenvalue weighted by atomic mass is 9.72. The first-order valence-corrected chi connectivity index (χ1v) is 8.11. The molecule has 1 nitrogen and oxygen atoms in total. The molecule has 0 saturated heterocycles. The van der Waals surface area contributed by atoms with E-state index in [2.05, 4.69) is 19.2 Å². The average Bonchev–Trinajstić information content (AvgIpc) is 2.39. The molecular weight excluding hydrogens is 268 g/mol. The van der Waals surface area contributed by atoms with Crippen molar-refractivity contribution < 1.29 is 8.78 Å². The van der Waals surface area contributed by atoms with E-state index in [0.29, 0.717) is 28.9 Å². The van der Waals surface area contributed by atoms with Gasteiger partial charge in [-0.1, -0.05) is 20.8 Å². The van der Waals surface area contributed by atoms with Crippen molar-refractivity contribution in [3.8, 4) is 0 Å². The Labute approximate surface area is 127 Å². The summed E-state index contributed by atoms with van der Waals surface area (Å²) in [5.74, 6) is 0.879. The minimum absolute atomic E-state index is 0.0144. The van der Waals surface area contributed by atoms with E-state index in [-0.39, 0.29) is 6.04 Å². The van der Waals surface area contributed by atoms with Crippen LogP contribution in [0.3, 0.4) is 0 Å². The molecule has 1 fully saturated rings. The predicted molar refractivity (Wildman–Crippen MR) is 83.2 cm³/mol. The Morgan fingerprint density at radius 1 is 1.10 bits per heavy atom. The maximum atomic E-state index is 14.3. The number of benzene rings is 1. The normalized spacial score (nSPS) is 27.6. The van der Waals surface area contributed by atoms with Crippen LogP contribution in [0.5, 0.6) is 0 Å². The number of hydrogen-bond acceptors (Lipinski definition) is 1.